The molecule has 0 aliphatic rings. The number of hydrogen-bond donors (Lipinski definition) is 3. The third-order valence-electron chi connectivity index (χ3n) is 2.86. The molecule has 1 rings (SSSR count). The van der Waals surface area contributed by atoms with Gasteiger partial charge in [-0.3, -0.25) is 0 Å². The van der Waals surface area contributed by atoms with E-state index in [9.17, 15) is 8.42 Å². The van der Waals surface area contributed by atoms with E-state index in [1.54, 1.807) is 0 Å². The van der Waals surface area contributed by atoms with Gasteiger partial charge in [0.15, 0.2) is 0 Å². The van der Waals surface area contributed by atoms with E-state index in [0.717, 1.165) is 0 Å². The number of nitrogens with one attached hydrogen (secondary N) is 1. The van der Waals surface area contributed by atoms with Crippen molar-refractivity contribution in [2.45, 2.75) is 44.9 Å². The highest BCUT2D eigenvalue weighted by Crippen LogP contribution is 2.24. The van der Waals surface area contributed by atoms with Crippen molar-refractivity contribution in [1.82, 2.24) is 4.72 Å². The monoisotopic (exact) mass is 290 g/mol. The van der Waals surface area contributed by atoms with Crippen LogP contribution in [0.3, 0.4) is 0 Å². The van der Waals surface area contributed by atoms with E-state index >= 15 is 0 Å². The first-order valence-corrected chi connectivity index (χ1v) is 7.61. The van der Waals surface area contributed by atoms with Gasteiger partial charge < -0.3 is 15.3 Å². The Morgan fingerprint density at radius 2 is 2.05 bits per heavy atom. The van der Waals surface area contributed by atoms with Crippen LogP contribution in [0.25, 0.3) is 0 Å². The molecule has 0 amide bonds. The van der Waals surface area contributed by atoms with Crippen molar-refractivity contribution < 1.29 is 17.9 Å². The van der Waals surface area contributed by atoms with Crippen LogP contribution in [0.4, 0.5) is 0 Å². The first-order chi connectivity index (χ1) is 8.70. The average Bonchev–Trinajstić information content (AvgIpc) is 2.76. The van der Waals surface area contributed by atoms with Crippen LogP contribution in [0, 0.1) is 5.41 Å². The third kappa shape index (κ3) is 4.31. The fraction of sp³-hybridized carbons (Fsp3) is 0.667. The molecule has 110 valence electrons. The molecule has 0 radical (unpaired) electrons. The highest BCUT2D eigenvalue weighted by Gasteiger charge is 2.30. The van der Waals surface area contributed by atoms with Crippen LogP contribution < -0.4 is 10.5 Å². The summed E-state index contributed by atoms with van der Waals surface area (Å²) in [6, 6.07) is 2.53. The second-order valence-corrected chi connectivity index (χ2v) is 7.12. The van der Waals surface area contributed by atoms with Crippen LogP contribution in [0.15, 0.2) is 21.6 Å². The van der Waals surface area contributed by atoms with Crippen LogP contribution in [-0.2, 0) is 16.6 Å². The maximum Gasteiger partial charge on any atom is 0.274 e. The zero-order valence-corrected chi connectivity index (χ0v) is 12.3. The van der Waals surface area contributed by atoms with E-state index in [-0.39, 0.29) is 29.7 Å². The lowest BCUT2D eigenvalue weighted by atomic mass is 9.86. The van der Waals surface area contributed by atoms with Crippen LogP contribution in [0.5, 0.6) is 0 Å². The van der Waals surface area contributed by atoms with Crippen molar-refractivity contribution in [2.24, 2.45) is 11.1 Å². The summed E-state index contributed by atoms with van der Waals surface area (Å²) in [6.07, 6.45) is 0.340. The molecule has 1 atom stereocenters. The van der Waals surface area contributed by atoms with Crippen LogP contribution in [0.2, 0.25) is 0 Å². The minimum atomic E-state index is -3.74. The molecule has 19 heavy (non-hydrogen) atoms. The van der Waals surface area contributed by atoms with Gasteiger partial charge in [0.05, 0.1) is 6.54 Å². The number of aliphatic hydroxyl groups is 1. The quantitative estimate of drug-likeness (QED) is 0.719. The van der Waals surface area contributed by atoms with Crippen molar-refractivity contribution >= 4 is 10.0 Å². The van der Waals surface area contributed by atoms with Crippen LogP contribution >= 0.6 is 0 Å². The molecule has 7 heteroatoms. The Balaban J connectivity index is 2.94. The van der Waals surface area contributed by atoms with Gasteiger partial charge in [0.1, 0.15) is 5.76 Å². The molecule has 4 N–H and O–H groups in total. The Kier molecular flexibility index (Phi) is 5.14. The van der Waals surface area contributed by atoms with Crippen molar-refractivity contribution in [3.05, 3.63) is 17.9 Å². The Bertz CT molecular complexity index is 502. The number of furan rings is 1. The smallest absolute Gasteiger partial charge is 0.274 e. The second kappa shape index (κ2) is 6.04. The molecule has 0 aliphatic heterocycles. The molecule has 1 unspecified atom stereocenters. The lowest BCUT2D eigenvalue weighted by Gasteiger charge is -2.30. The van der Waals surface area contributed by atoms with Crippen molar-refractivity contribution in [3.8, 4) is 0 Å². The van der Waals surface area contributed by atoms with Gasteiger partial charge in [-0.05, 0) is 24.0 Å². The predicted molar refractivity (Wildman–Crippen MR) is 71.9 cm³/mol. The summed E-state index contributed by atoms with van der Waals surface area (Å²) in [4.78, 5) is 0. The average molecular weight is 290 g/mol. The molecule has 6 nitrogen and oxygen atoms in total. The first kappa shape index (κ1) is 16.2. The summed E-state index contributed by atoms with van der Waals surface area (Å²) in [7, 11) is -3.74. The van der Waals surface area contributed by atoms with Crippen molar-refractivity contribution in [3.63, 3.8) is 0 Å². The number of hydrogen-bond acceptors (Lipinski definition) is 5. The summed E-state index contributed by atoms with van der Waals surface area (Å²) in [6.45, 7) is 5.78. The van der Waals surface area contributed by atoms with Gasteiger partial charge in [-0.2, -0.15) is 0 Å². The largest absolute Gasteiger partial charge is 0.447 e. The van der Waals surface area contributed by atoms with E-state index in [1.165, 1.54) is 12.1 Å². The number of nitrogens with two attached hydrogens (primary N) is 1. The van der Waals surface area contributed by atoms with Gasteiger partial charge >= 0.3 is 0 Å². The summed E-state index contributed by atoms with van der Waals surface area (Å²) in [5.41, 5.74) is 5.08. The summed E-state index contributed by atoms with van der Waals surface area (Å²) in [5.74, 6) is 0.412. The summed E-state index contributed by atoms with van der Waals surface area (Å²) < 4.78 is 32.0. The van der Waals surface area contributed by atoms with E-state index in [2.05, 4.69) is 4.72 Å². The number of aliphatic hydroxyl groups excluding tert-OH is 1. The Morgan fingerprint density at radius 1 is 1.42 bits per heavy atom. The highest BCUT2D eigenvalue weighted by molar-refractivity contribution is 7.89. The van der Waals surface area contributed by atoms with Gasteiger partial charge in [-0.15, -0.1) is 0 Å². The maximum atomic E-state index is 12.2. The van der Waals surface area contributed by atoms with Gasteiger partial charge in [-0.25, -0.2) is 13.1 Å². The second-order valence-electron chi connectivity index (χ2n) is 5.48. The minimum absolute atomic E-state index is 0.0866. The normalized spacial score (nSPS) is 14.6. The zero-order chi connectivity index (χ0) is 14.7. The predicted octanol–water partition coefficient (Wildman–Crippen LogP) is 0.814. The van der Waals surface area contributed by atoms with Gasteiger partial charge in [0.25, 0.3) is 10.0 Å². The number of sulfonamides is 1. The molecule has 0 spiro atoms. The lowest BCUT2D eigenvalue weighted by Crippen LogP contribution is -2.44. The van der Waals surface area contributed by atoms with Crippen molar-refractivity contribution in [2.75, 3.05) is 6.61 Å². The molecular formula is C12H22N2O4S. The lowest BCUT2D eigenvalue weighted by molar-refractivity contribution is 0.214. The van der Waals surface area contributed by atoms with Crippen LogP contribution in [0.1, 0.15) is 33.0 Å². The van der Waals surface area contributed by atoms with Crippen molar-refractivity contribution in [1.29, 1.82) is 0 Å². The van der Waals surface area contributed by atoms with Gasteiger partial charge in [0, 0.05) is 12.6 Å². The fourth-order valence-electron chi connectivity index (χ4n) is 1.66. The molecule has 1 heterocycles. The van der Waals surface area contributed by atoms with Gasteiger partial charge in [0.2, 0.25) is 5.09 Å². The Morgan fingerprint density at radius 3 is 2.47 bits per heavy atom. The van der Waals surface area contributed by atoms with Gasteiger partial charge in [-0.1, -0.05) is 20.8 Å². The molecule has 0 fully saturated rings. The highest BCUT2D eigenvalue weighted by atomic mass is 32.2. The minimum Gasteiger partial charge on any atom is -0.447 e. The number of rotatable bonds is 6. The van der Waals surface area contributed by atoms with Crippen LogP contribution in [-0.4, -0.2) is 26.2 Å². The molecular weight excluding hydrogens is 268 g/mol. The Hall–Kier alpha value is -0.890. The molecule has 0 saturated heterocycles. The van der Waals surface area contributed by atoms with E-state index in [1.807, 2.05) is 20.8 Å². The maximum absolute atomic E-state index is 12.2. The molecule has 1 aromatic rings. The van der Waals surface area contributed by atoms with E-state index in [0.29, 0.717) is 12.2 Å². The first-order valence-electron chi connectivity index (χ1n) is 6.12. The molecule has 0 bridgehead atoms. The molecule has 1 aromatic heterocycles. The molecule has 0 aliphatic carbocycles. The standard InChI is InChI=1S/C12H22N2O4S/c1-12(2,3)10(6-7-15)14-19(16,17)11-5-4-9(8-13)18-11/h4-5,10,14-15H,6-8,13H2,1-3H3. The topological polar surface area (TPSA) is 106 Å². The third-order valence-corrected chi connectivity index (χ3v) is 4.21. The van der Waals surface area contributed by atoms with E-state index in [4.69, 9.17) is 15.3 Å². The Labute approximate surface area is 114 Å². The molecule has 0 saturated carbocycles. The SMILES string of the molecule is CC(C)(C)C(CCO)NS(=O)(=O)c1ccc(CN)o1. The summed E-state index contributed by atoms with van der Waals surface area (Å²) in [5, 5.41) is 8.88. The zero-order valence-electron chi connectivity index (χ0n) is 11.5. The molecule has 0 aromatic carbocycles. The summed E-state index contributed by atoms with van der Waals surface area (Å²) >= 11 is 0. The fourth-order valence-corrected chi connectivity index (χ4v) is 3.08. The van der Waals surface area contributed by atoms with E-state index < -0.39 is 10.0 Å².